The summed E-state index contributed by atoms with van der Waals surface area (Å²) in [5.41, 5.74) is 1.33. The van der Waals surface area contributed by atoms with Crippen molar-refractivity contribution in [2.75, 3.05) is 11.9 Å². The summed E-state index contributed by atoms with van der Waals surface area (Å²) in [4.78, 5) is 25.8. The van der Waals surface area contributed by atoms with Crippen molar-refractivity contribution < 1.29 is 13.6 Å². The Morgan fingerprint density at radius 3 is 2.74 bits per heavy atom. The van der Waals surface area contributed by atoms with Gasteiger partial charge in [0.2, 0.25) is 0 Å². The van der Waals surface area contributed by atoms with Crippen molar-refractivity contribution in [3.8, 4) is 5.69 Å². The first-order valence-corrected chi connectivity index (χ1v) is 11.6. The van der Waals surface area contributed by atoms with E-state index >= 15 is 0 Å². The van der Waals surface area contributed by atoms with Gasteiger partial charge in [0.05, 0.1) is 41.4 Å². The molecule has 1 saturated carbocycles. The van der Waals surface area contributed by atoms with Crippen molar-refractivity contribution in [1.82, 2.24) is 29.9 Å². The molecule has 2 saturated heterocycles. The van der Waals surface area contributed by atoms with Crippen LogP contribution < -0.4 is 5.32 Å². The highest BCUT2D eigenvalue weighted by Crippen LogP contribution is 2.47. The predicted molar refractivity (Wildman–Crippen MR) is 125 cm³/mol. The highest BCUT2D eigenvalue weighted by Gasteiger charge is 2.50. The van der Waals surface area contributed by atoms with Crippen LogP contribution in [0.15, 0.2) is 55.0 Å². The fourth-order valence-corrected chi connectivity index (χ4v) is 5.36. The third kappa shape index (κ3) is 3.69. The topological polar surface area (TPSA) is 88.8 Å². The van der Waals surface area contributed by atoms with Crippen molar-refractivity contribution in [3.05, 3.63) is 72.2 Å². The Labute approximate surface area is 200 Å². The van der Waals surface area contributed by atoms with E-state index in [0.29, 0.717) is 29.5 Å². The number of hydrogen-bond donors (Lipinski definition) is 1. The molecule has 4 heterocycles. The lowest BCUT2D eigenvalue weighted by Crippen LogP contribution is -2.64. The summed E-state index contributed by atoms with van der Waals surface area (Å²) in [5, 5.41) is 11.6. The predicted octanol–water partition coefficient (Wildman–Crippen LogP) is 3.84. The summed E-state index contributed by atoms with van der Waals surface area (Å²) in [6.45, 7) is 2.59. The monoisotopic (exact) mass is 475 g/mol. The molecule has 7 rings (SSSR count). The van der Waals surface area contributed by atoms with Gasteiger partial charge in [0, 0.05) is 12.6 Å². The third-order valence-corrected chi connectivity index (χ3v) is 7.32. The van der Waals surface area contributed by atoms with E-state index in [1.165, 1.54) is 47.7 Å². The summed E-state index contributed by atoms with van der Waals surface area (Å²) < 4.78 is 28.2. The quantitative estimate of drug-likeness (QED) is 0.472. The van der Waals surface area contributed by atoms with Gasteiger partial charge in [0.1, 0.15) is 17.2 Å². The largest absolute Gasteiger partial charge is 0.367 e. The summed E-state index contributed by atoms with van der Waals surface area (Å²) in [5.74, 6) is 0.125. The molecule has 2 aromatic heterocycles. The van der Waals surface area contributed by atoms with Crippen LogP contribution in [0.4, 0.5) is 14.6 Å². The smallest absolute Gasteiger partial charge is 0.256 e. The zero-order valence-corrected chi connectivity index (χ0v) is 19.0. The summed E-state index contributed by atoms with van der Waals surface area (Å²) in [6, 6.07) is 8.69. The number of para-hydroxylation sites is 1. The van der Waals surface area contributed by atoms with Crippen LogP contribution in [0.2, 0.25) is 0 Å². The molecule has 0 spiro atoms. The lowest BCUT2D eigenvalue weighted by Gasteiger charge is -2.57. The summed E-state index contributed by atoms with van der Waals surface area (Å²) in [7, 11) is 0. The van der Waals surface area contributed by atoms with Gasteiger partial charge >= 0.3 is 0 Å². The van der Waals surface area contributed by atoms with Gasteiger partial charge in [-0.2, -0.15) is 15.0 Å². The van der Waals surface area contributed by atoms with E-state index < -0.39 is 11.6 Å². The lowest BCUT2D eigenvalue weighted by atomic mass is 9.64. The van der Waals surface area contributed by atoms with Crippen LogP contribution >= 0.6 is 0 Å². The second-order valence-electron chi connectivity index (χ2n) is 9.25. The third-order valence-electron chi connectivity index (χ3n) is 7.32. The summed E-state index contributed by atoms with van der Waals surface area (Å²) in [6.07, 6.45) is 6.40. The van der Waals surface area contributed by atoms with E-state index in [1.807, 2.05) is 4.90 Å². The van der Waals surface area contributed by atoms with E-state index in [4.69, 9.17) is 0 Å². The molecule has 8 nitrogen and oxygen atoms in total. The minimum Gasteiger partial charge on any atom is -0.367 e. The van der Waals surface area contributed by atoms with Gasteiger partial charge in [0.15, 0.2) is 5.82 Å². The van der Waals surface area contributed by atoms with E-state index in [2.05, 4.69) is 32.4 Å². The SMILES string of the molecule is CC1C2CC(C2)N(C(=O)c2cc(F)ccc2-n2nccn2)C1CNc1cnc2c(F)cccc2n1. The number of nitrogens with zero attached hydrogens (tertiary/aromatic N) is 6. The average molecular weight is 476 g/mol. The van der Waals surface area contributed by atoms with Crippen molar-refractivity contribution in [3.63, 3.8) is 0 Å². The fourth-order valence-electron chi connectivity index (χ4n) is 5.36. The number of carbonyl (C=O) groups is 1. The number of benzene rings is 2. The normalized spacial score (nSPS) is 23.2. The first kappa shape index (κ1) is 21.6. The maximum absolute atomic E-state index is 14.2. The van der Waals surface area contributed by atoms with Crippen LogP contribution in [0.5, 0.6) is 0 Å². The fraction of sp³-hybridized carbons (Fsp3) is 0.320. The lowest BCUT2D eigenvalue weighted by molar-refractivity contribution is -0.0502. The molecule has 2 aliphatic heterocycles. The molecule has 1 amide bonds. The van der Waals surface area contributed by atoms with E-state index in [9.17, 15) is 13.6 Å². The second kappa shape index (κ2) is 8.37. The van der Waals surface area contributed by atoms with Crippen LogP contribution in [0.1, 0.15) is 30.1 Å². The van der Waals surface area contributed by atoms with Gasteiger partial charge in [0.25, 0.3) is 5.91 Å². The number of carbonyl (C=O) groups excluding carboxylic acids is 1. The first-order valence-electron chi connectivity index (χ1n) is 11.6. The minimum absolute atomic E-state index is 0.0916. The van der Waals surface area contributed by atoms with Crippen LogP contribution in [-0.2, 0) is 0 Å². The molecule has 2 bridgehead atoms. The molecule has 2 aromatic carbocycles. The Hall–Kier alpha value is -3.95. The van der Waals surface area contributed by atoms with Crippen molar-refractivity contribution in [2.45, 2.75) is 31.8 Å². The maximum Gasteiger partial charge on any atom is 0.256 e. The van der Waals surface area contributed by atoms with E-state index in [-0.39, 0.29) is 35.0 Å². The van der Waals surface area contributed by atoms with Gasteiger partial charge in [-0.1, -0.05) is 13.0 Å². The molecular formula is C25H23F2N7O. The molecule has 10 heteroatoms. The van der Waals surface area contributed by atoms with Crippen molar-refractivity contribution in [1.29, 1.82) is 0 Å². The molecule has 1 aliphatic carbocycles. The molecule has 2 atom stereocenters. The van der Waals surface area contributed by atoms with E-state index in [1.54, 1.807) is 12.1 Å². The zero-order chi connectivity index (χ0) is 24.1. The van der Waals surface area contributed by atoms with Crippen LogP contribution in [0.25, 0.3) is 16.7 Å². The number of piperidine rings is 2. The molecule has 2 unspecified atom stereocenters. The number of nitrogens with one attached hydrogen (secondary N) is 1. The number of aromatic nitrogens is 5. The second-order valence-corrected chi connectivity index (χ2v) is 9.25. The number of amides is 1. The van der Waals surface area contributed by atoms with E-state index in [0.717, 1.165) is 12.8 Å². The number of hydrogen-bond acceptors (Lipinski definition) is 6. The van der Waals surface area contributed by atoms with Crippen molar-refractivity contribution in [2.24, 2.45) is 11.8 Å². The molecule has 1 N–H and O–H groups in total. The molecule has 3 fully saturated rings. The Kier molecular flexibility index (Phi) is 5.16. The number of halogens is 2. The minimum atomic E-state index is -0.492. The number of fused-ring (bicyclic) bond motifs is 3. The highest BCUT2D eigenvalue weighted by atomic mass is 19.1. The Morgan fingerprint density at radius 1 is 1.14 bits per heavy atom. The molecule has 35 heavy (non-hydrogen) atoms. The Balaban J connectivity index is 1.30. The molecule has 0 radical (unpaired) electrons. The van der Waals surface area contributed by atoms with Crippen molar-refractivity contribution >= 4 is 22.8 Å². The van der Waals surface area contributed by atoms with Gasteiger partial charge in [-0.3, -0.25) is 4.79 Å². The average Bonchev–Trinajstić information content (AvgIpc) is 3.36. The van der Waals surface area contributed by atoms with Gasteiger partial charge < -0.3 is 10.2 Å². The van der Waals surface area contributed by atoms with Gasteiger partial charge in [-0.15, -0.1) is 0 Å². The van der Waals surface area contributed by atoms with Crippen LogP contribution in [-0.4, -0.2) is 54.4 Å². The van der Waals surface area contributed by atoms with Crippen LogP contribution in [0.3, 0.4) is 0 Å². The van der Waals surface area contributed by atoms with Gasteiger partial charge in [-0.25, -0.2) is 18.7 Å². The molecule has 4 aromatic rings. The molecule has 3 aliphatic rings. The van der Waals surface area contributed by atoms with Gasteiger partial charge in [-0.05, 0) is 55.0 Å². The highest BCUT2D eigenvalue weighted by molar-refractivity contribution is 5.98. The number of anilines is 1. The zero-order valence-electron chi connectivity index (χ0n) is 19.0. The maximum atomic E-state index is 14.2. The Bertz CT molecular complexity index is 1400. The first-order chi connectivity index (χ1) is 17.0. The Morgan fingerprint density at radius 2 is 1.94 bits per heavy atom. The van der Waals surface area contributed by atoms with Crippen LogP contribution in [0, 0.1) is 23.5 Å². The molecular weight excluding hydrogens is 452 g/mol. The summed E-state index contributed by atoms with van der Waals surface area (Å²) >= 11 is 0. The standard InChI is InChI=1S/C25H23F2N7O/c1-14-15-9-17(10-15)33(25(35)18-11-16(26)5-6-21(18)34-30-7-8-31-34)22(14)12-28-23-13-29-24-19(27)3-2-4-20(24)32-23/h2-8,11,13-15,17,22H,9-10,12H2,1H3,(H,28,32). The molecule has 178 valence electrons. The number of rotatable bonds is 5.